The van der Waals surface area contributed by atoms with E-state index in [-0.39, 0.29) is 17.6 Å². The first-order valence-corrected chi connectivity index (χ1v) is 10.3. The van der Waals surface area contributed by atoms with Gasteiger partial charge in [-0.1, -0.05) is 18.6 Å². The molecule has 1 amide bonds. The van der Waals surface area contributed by atoms with Gasteiger partial charge in [-0.05, 0) is 57.8 Å². The normalized spacial score (nSPS) is 22.4. The average Bonchev–Trinajstić information content (AvgIpc) is 3.03. The van der Waals surface area contributed by atoms with Crippen molar-refractivity contribution in [3.8, 4) is 0 Å². The molecule has 0 bridgehead atoms. The van der Waals surface area contributed by atoms with Crippen molar-refractivity contribution >= 4 is 16.9 Å². The van der Waals surface area contributed by atoms with Gasteiger partial charge in [-0.15, -0.1) is 0 Å². The maximum Gasteiger partial charge on any atom is 0.326 e. The monoisotopic (exact) mass is 370 g/mol. The number of hydrogen-bond acceptors (Lipinski definition) is 3. The number of piperidine rings is 2. The molecule has 2 fully saturated rings. The summed E-state index contributed by atoms with van der Waals surface area (Å²) in [6.07, 6.45) is 7.09. The Labute approximate surface area is 160 Å². The first-order valence-electron chi connectivity index (χ1n) is 10.3. The minimum Gasteiger partial charge on any atom is -0.343 e. The number of rotatable bonds is 4. The van der Waals surface area contributed by atoms with Crippen LogP contribution in [-0.2, 0) is 4.79 Å². The SMILES string of the molecule is CN1CCCCC1CCC(=O)N1CCC(n2c(=O)[nH]c3ccccc32)CC1. The number of carbonyl (C=O) groups is 1. The topological polar surface area (TPSA) is 61.3 Å². The second-order valence-electron chi connectivity index (χ2n) is 8.10. The first kappa shape index (κ1) is 18.3. The summed E-state index contributed by atoms with van der Waals surface area (Å²) in [7, 11) is 2.18. The Morgan fingerprint density at radius 2 is 1.89 bits per heavy atom. The highest BCUT2D eigenvalue weighted by Crippen LogP contribution is 2.26. The van der Waals surface area contributed by atoms with Crippen LogP contribution in [0, 0.1) is 0 Å². The van der Waals surface area contributed by atoms with Crippen LogP contribution in [0.1, 0.15) is 51.0 Å². The van der Waals surface area contributed by atoms with Gasteiger partial charge in [0.1, 0.15) is 0 Å². The molecule has 6 heteroatoms. The Balaban J connectivity index is 1.34. The van der Waals surface area contributed by atoms with Gasteiger partial charge in [-0.25, -0.2) is 4.79 Å². The summed E-state index contributed by atoms with van der Waals surface area (Å²) >= 11 is 0. The Bertz CT molecular complexity index is 847. The van der Waals surface area contributed by atoms with E-state index < -0.39 is 0 Å². The fourth-order valence-electron chi connectivity index (χ4n) is 4.77. The summed E-state index contributed by atoms with van der Waals surface area (Å²) in [5.41, 5.74) is 1.81. The molecule has 2 aromatic rings. The summed E-state index contributed by atoms with van der Waals surface area (Å²) in [6, 6.07) is 8.56. The molecule has 1 aromatic carbocycles. The molecule has 4 rings (SSSR count). The summed E-state index contributed by atoms with van der Waals surface area (Å²) < 4.78 is 1.88. The van der Waals surface area contributed by atoms with Crippen molar-refractivity contribution in [1.82, 2.24) is 19.4 Å². The van der Waals surface area contributed by atoms with E-state index in [1.165, 1.54) is 19.3 Å². The number of hydrogen-bond donors (Lipinski definition) is 1. The van der Waals surface area contributed by atoms with Crippen LogP contribution in [0.15, 0.2) is 29.1 Å². The number of aromatic nitrogens is 2. The molecule has 1 N–H and O–H groups in total. The third-order valence-electron chi connectivity index (χ3n) is 6.42. The van der Waals surface area contributed by atoms with Gasteiger partial charge in [0, 0.05) is 31.6 Å². The zero-order valence-corrected chi connectivity index (χ0v) is 16.2. The summed E-state index contributed by atoms with van der Waals surface area (Å²) in [4.78, 5) is 32.4. The van der Waals surface area contributed by atoms with Gasteiger partial charge in [0.05, 0.1) is 11.0 Å². The smallest absolute Gasteiger partial charge is 0.326 e. The average molecular weight is 370 g/mol. The van der Waals surface area contributed by atoms with Gasteiger partial charge in [0.2, 0.25) is 5.91 Å². The van der Waals surface area contributed by atoms with E-state index in [2.05, 4.69) is 16.9 Å². The van der Waals surface area contributed by atoms with Crippen molar-refractivity contribution in [1.29, 1.82) is 0 Å². The zero-order chi connectivity index (χ0) is 18.8. The van der Waals surface area contributed by atoms with Crippen molar-refractivity contribution in [3.63, 3.8) is 0 Å². The molecule has 1 unspecified atom stereocenters. The maximum atomic E-state index is 12.7. The van der Waals surface area contributed by atoms with Gasteiger partial charge in [-0.2, -0.15) is 0 Å². The highest BCUT2D eigenvalue weighted by atomic mass is 16.2. The van der Waals surface area contributed by atoms with E-state index in [1.54, 1.807) is 0 Å². The molecule has 0 aliphatic carbocycles. The molecule has 1 atom stereocenters. The van der Waals surface area contributed by atoms with Gasteiger partial charge >= 0.3 is 5.69 Å². The molecule has 6 nitrogen and oxygen atoms in total. The highest BCUT2D eigenvalue weighted by Gasteiger charge is 2.27. The number of fused-ring (bicyclic) bond motifs is 1. The predicted molar refractivity (Wildman–Crippen MR) is 107 cm³/mol. The second kappa shape index (κ2) is 7.89. The lowest BCUT2D eigenvalue weighted by molar-refractivity contribution is -0.132. The fourth-order valence-corrected chi connectivity index (χ4v) is 4.77. The van der Waals surface area contributed by atoms with Crippen LogP contribution in [0.2, 0.25) is 0 Å². The van der Waals surface area contributed by atoms with E-state index in [0.29, 0.717) is 12.5 Å². The molecule has 146 valence electrons. The lowest BCUT2D eigenvalue weighted by Gasteiger charge is -2.35. The van der Waals surface area contributed by atoms with Crippen LogP contribution in [0.25, 0.3) is 11.0 Å². The lowest BCUT2D eigenvalue weighted by Crippen LogP contribution is -2.41. The molecular formula is C21H30N4O2. The molecule has 2 aliphatic rings. The summed E-state index contributed by atoms with van der Waals surface area (Å²) in [5.74, 6) is 0.277. The molecule has 0 saturated carbocycles. The van der Waals surface area contributed by atoms with Crippen molar-refractivity contribution in [2.45, 2.75) is 57.0 Å². The van der Waals surface area contributed by atoms with Gasteiger partial charge in [0.15, 0.2) is 0 Å². The predicted octanol–water partition coefficient (Wildman–Crippen LogP) is 2.76. The fraction of sp³-hybridized carbons (Fsp3) is 0.619. The molecule has 2 aliphatic heterocycles. The van der Waals surface area contributed by atoms with Gasteiger partial charge in [0.25, 0.3) is 0 Å². The molecule has 1 aromatic heterocycles. The molecule has 2 saturated heterocycles. The molecule has 0 spiro atoms. The Morgan fingerprint density at radius 1 is 1.11 bits per heavy atom. The number of carbonyl (C=O) groups excluding carboxylic acids is 1. The molecular weight excluding hydrogens is 340 g/mol. The van der Waals surface area contributed by atoms with E-state index >= 15 is 0 Å². The number of aromatic amines is 1. The number of nitrogens with one attached hydrogen (secondary N) is 1. The van der Waals surface area contributed by atoms with Crippen LogP contribution in [-0.4, -0.2) is 58.0 Å². The van der Waals surface area contributed by atoms with Crippen LogP contribution in [0.3, 0.4) is 0 Å². The van der Waals surface area contributed by atoms with Crippen LogP contribution >= 0.6 is 0 Å². The van der Waals surface area contributed by atoms with E-state index in [0.717, 1.165) is 49.9 Å². The van der Waals surface area contributed by atoms with E-state index in [1.807, 2.05) is 33.7 Å². The summed E-state index contributed by atoms with van der Waals surface area (Å²) in [5, 5.41) is 0. The number of H-pyrrole nitrogens is 1. The number of benzene rings is 1. The number of nitrogens with zero attached hydrogens (tertiary/aromatic N) is 3. The first-order chi connectivity index (χ1) is 13.1. The Hall–Kier alpha value is -2.08. The van der Waals surface area contributed by atoms with Crippen molar-refractivity contribution in [2.75, 3.05) is 26.7 Å². The minimum absolute atomic E-state index is 0.0405. The molecule has 3 heterocycles. The second-order valence-corrected chi connectivity index (χ2v) is 8.10. The van der Waals surface area contributed by atoms with E-state index in [9.17, 15) is 9.59 Å². The highest BCUT2D eigenvalue weighted by molar-refractivity contribution is 5.76. The zero-order valence-electron chi connectivity index (χ0n) is 16.2. The summed E-state index contributed by atoms with van der Waals surface area (Å²) in [6.45, 7) is 2.65. The number of likely N-dealkylation sites (tertiary alicyclic amines) is 2. The van der Waals surface area contributed by atoms with Crippen molar-refractivity contribution in [2.24, 2.45) is 0 Å². The third-order valence-corrected chi connectivity index (χ3v) is 6.42. The van der Waals surface area contributed by atoms with Gasteiger partial charge < -0.3 is 14.8 Å². The Morgan fingerprint density at radius 3 is 2.67 bits per heavy atom. The van der Waals surface area contributed by atoms with E-state index in [4.69, 9.17) is 0 Å². The largest absolute Gasteiger partial charge is 0.343 e. The minimum atomic E-state index is -0.0405. The Kier molecular flexibility index (Phi) is 5.34. The van der Waals surface area contributed by atoms with Crippen molar-refractivity contribution < 1.29 is 4.79 Å². The lowest BCUT2D eigenvalue weighted by atomic mass is 9.98. The standard InChI is InChI=1S/C21H30N4O2/c1-23-13-5-4-6-16(23)9-10-20(26)24-14-11-17(12-15-24)25-19-8-3-2-7-18(19)22-21(25)27/h2-3,7-8,16-17H,4-6,9-15H2,1H3,(H,22,27). The molecule has 0 radical (unpaired) electrons. The van der Waals surface area contributed by atoms with Crippen LogP contribution in [0.5, 0.6) is 0 Å². The number of imidazole rings is 1. The maximum absolute atomic E-state index is 12.7. The van der Waals surface area contributed by atoms with Crippen molar-refractivity contribution in [3.05, 3.63) is 34.7 Å². The number of amides is 1. The van der Waals surface area contributed by atoms with Crippen LogP contribution < -0.4 is 5.69 Å². The molecule has 27 heavy (non-hydrogen) atoms. The number of para-hydroxylation sites is 2. The van der Waals surface area contributed by atoms with Gasteiger partial charge in [-0.3, -0.25) is 9.36 Å². The third kappa shape index (κ3) is 3.81. The quantitative estimate of drug-likeness (QED) is 0.900. The van der Waals surface area contributed by atoms with Crippen LogP contribution in [0.4, 0.5) is 0 Å².